The van der Waals surface area contributed by atoms with Crippen molar-refractivity contribution >= 4 is 5.91 Å². The van der Waals surface area contributed by atoms with Crippen LogP contribution in [-0.2, 0) is 6.54 Å². The van der Waals surface area contributed by atoms with Gasteiger partial charge in [-0.05, 0) is 24.3 Å². The second-order valence-corrected chi connectivity index (χ2v) is 3.97. The molecule has 1 aromatic carbocycles. The van der Waals surface area contributed by atoms with E-state index in [1.54, 1.807) is 6.07 Å². The summed E-state index contributed by atoms with van der Waals surface area (Å²) in [6, 6.07) is 5.76. The molecule has 0 fully saturated rings. The molecule has 1 aromatic heterocycles. The van der Waals surface area contributed by atoms with E-state index in [-0.39, 0.29) is 18.7 Å². The molecule has 0 spiro atoms. The van der Waals surface area contributed by atoms with Crippen LogP contribution in [0.15, 0.2) is 41.2 Å². The minimum absolute atomic E-state index is 0.0527. The predicted molar refractivity (Wildman–Crippen MR) is 70.2 cm³/mol. The van der Waals surface area contributed by atoms with Gasteiger partial charge in [-0.15, -0.1) is 0 Å². The maximum atomic E-state index is 13.8. The van der Waals surface area contributed by atoms with Gasteiger partial charge in [-0.25, -0.2) is 4.39 Å². The lowest BCUT2D eigenvalue weighted by Gasteiger charge is -2.05. The van der Waals surface area contributed by atoms with Crippen molar-refractivity contribution in [2.75, 3.05) is 6.61 Å². The molecule has 0 bridgehead atoms. The Morgan fingerprint density at radius 2 is 2.25 bits per heavy atom. The first-order chi connectivity index (χ1) is 9.70. The van der Waals surface area contributed by atoms with Crippen molar-refractivity contribution in [3.05, 3.63) is 59.3 Å². The monoisotopic (exact) mass is 273 g/mol. The number of furan rings is 1. The van der Waals surface area contributed by atoms with E-state index in [1.165, 1.54) is 24.7 Å². The SMILES string of the molecule is O=C(NCc1ccoc1)c1ccc(C#CCO)cc1F. The van der Waals surface area contributed by atoms with Gasteiger partial charge in [0.15, 0.2) is 0 Å². The second kappa shape index (κ2) is 6.55. The van der Waals surface area contributed by atoms with Crippen molar-refractivity contribution in [1.82, 2.24) is 5.32 Å². The molecular formula is C15H12FNO3. The minimum atomic E-state index is -0.653. The molecule has 2 rings (SSSR count). The van der Waals surface area contributed by atoms with Crippen LogP contribution >= 0.6 is 0 Å². The number of halogens is 1. The maximum Gasteiger partial charge on any atom is 0.254 e. The lowest BCUT2D eigenvalue weighted by Crippen LogP contribution is -2.23. The Morgan fingerprint density at radius 3 is 2.90 bits per heavy atom. The van der Waals surface area contributed by atoms with Crippen molar-refractivity contribution in [2.45, 2.75) is 6.54 Å². The first-order valence-electron chi connectivity index (χ1n) is 5.89. The highest BCUT2D eigenvalue weighted by Gasteiger charge is 2.11. The molecule has 2 N–H and O–H groups in total. The molecular weight excluding hydrogens is 261 g/mol. The molecule has 0 saturated heterocycles. The van der Waals surface area contributed by atoms with E-state index in [0.717, 1.165) is 11.6 Å². The summed E-state index contributed by atoms with van der Waals surface area (Å²) in [6.07, 6.45) is 3.00. The van der Waals surface area contributed by atoms with E-state index in [1.807, 2.05) is 0 Å². The van der Waals surface area contributed by atoms with E-state index < -0.39 is 11.7 Å². The number of aliphatic hydroxyl groups is 1. The second-order valence-electron chi connectivity index (χ2n) is 3.97. The quantitative estimate of drug-likeness (QED) is 0.837. The van der Waals surface area contributed by atoms with Gasteiger partial charge in [0.05, 0.1) is 18.1 Å². The third kappa shape index (κ3) is 3.46. The molecule has 0 aliphatic rings. The molecule has 0 aliphatic carbocycles. The van der Waals surface area contributed by atoms with Crippen molar-refractivity contribution < 1.29 is 18.7 Å². The lowest BCUT2D eigenvalue weighted by atomic mass is 10.1. The standard InChI is InChI=1S/C15H12FNO3/c16-14-8-11(2-1-6-18)3-4-13(14)15(19)17-9-12-5-7-20-10-12/h3-5,7-8,10,18H,6,9H2,(H,17,19). The van der Waals surface area contributed by atoms with Crippen molar-refractivity contribution in [3.8, 4) is 11.8 Å². The number of aliphatic hydroxyl groups excluding tert-OH is 1. The number of carbonyl (C=O) groups is 1. The summed E-state index contributed by atoms with van der Waals surface area (Å²) >= 11 is 0. The Bertz CT molecular complexity index is 653. The summed E-state index contributed by atoms with van der Waals surface area (Å²) in [6.45, 7) is -0.0323. The normalized spacial score (nSPS) is 9.70. The molecule has 0 saturated carbocycles. The molecule has 2 aromatic rings. The van der Waals surface area contributed by atoms with Crippen LogP contribution in [0.4, 0.5) is 4.39 Å². The van der Waals surface area contributed by atoms with Crippen LogP contribution in [0.25, 0.3) is 0 Å². The predicted octanol–water partition coefficient (Wildman–Crippen LogP) is 1.69. The summed E-state index contributed by atoms with van der Waals surface area (Å²) < 4.78 is 18.7. The number of carbonyl (C=O) groups excluding carboxylic acids is 1. The number of hydrogen-bond donors (Lipinski definition) is 2. The third-order valence-corrected chi connectivity index (χ3v) is 2.56. The van der Waals surface area contributed by atoms with Crippen molar-refractivity contribution in [2.24, 2.45) is 0 Å². The molecule has 0 aliphatic heterocycles. The van der Waals surface area contributed by atoms with Crippen LogP contribution in [-0.4, -0.2) is 17.6 Å². The lowest BCUT2D eigenvalue weighted by molar-refractivity contribution is 0.0947. The van der Waals surface area contributed by atoms with Crippen LogP contribution in [0.1, 0.15) is 21.5 Å². The Morgan fingerprint density at radius 1 is 1.40 bits per heavy atom. The van der Waals surface area contributed by atoms with Gasteiger partial charge in [0.1, 0.15) is 12.4 Å². The zero-order chi connectivity index (χ0) is 14.4. The summed E-state index contributed by atoms with van der Waals surface area (Å²) in [4.78, 5) is 11.8. The summed E-state index contributed by atoms with van der Waals surface area (Å²) in [5.41, 5.74) is 1.15. The fourth-order valence-electron chi connectivity index (χ4n) is 1.59. The molecule has 20 heavy (non-hydrogen) atoms. The zero-order valence-corrected chi connectivity index (χ0v) is 10.5. The summed E-state index contributed by atoms with van der Waals surface area (Å²) in [5.74, 6) is 3.82. The van der Waals surface area contributed by atoms with Crippen molar-refractivity contribution in [3.63, 3.8) is 0 Å². The van der Waals surface area contributed by atoms with Gasteiger partial charge in [-0.3, -0.25) is 4.79 Å². The zero-order valence-electron chi connectivity index (χ0n) is 10.5. The van der Waals surface area contributed by atoms with Crippen LogP contribution in [0.3, 0.4) is 0 Å². The summed E-state index contributed by atoms with van der Waals surface area (Å²) in [7, 11) is 0. The van der Waals surface area contributed by atoms with E-state index >= 15 is 0 Å². The Kier molecular flexibility index (Phi) is 4.53. The summed E-state index contributed by atoms with van der Waals surface area (Å²) in [5, 5.41) is 11.2. The van der Waals surface area contributed by atoms with Gasteiger partial charge in [0, 0.05) is 17.7 Å². The average Bonchev–Trinajstić information content (AvgIpc) is 2.96. The van der Waals surface area contributed by atoms with Gasteiger partial charge in [-0.1, -0.05) is 11.8 Å². The third-order valence-electron chi connectivity index (χ3n) is 2.56. The average molecular weight is 273 g/mol. The van der Waals surface area contributed by atoms with E-state index in [0.29, 0.717) is 5.56 Å². The molecule has 1 amide bonds. The van der Waals surface area contributed by atoms with E-state index in [4.69, 9.17) is 9.52 Å². The van der Waals surface area contributed by atoms with Crippen LogP contribution < -0.4 is 5.32 Å². The Balaban J connectivity index is 2.06. The number of hydrogen-bond acceptors (Lipinski definition) is 3. The molecule has 5 heteroatoms. The highest BCUT2D eigenvalue weighted by atomic mass is 19.1. The maximum absolute atomic E-state index is 13.8. The first-order valence-corrected chi connectivity index (χ1v) is 5.89. The highest BCUT2D eigenvalue weighted by molar-refractivity contribution is 5.94. The van der Waals surface area contributed by atoms with Gasteiger partial charge in [-0.2, -0.15) is 0 Å². The van der Waals surface area contributed by atoms with Crippen LogP contribution in [0.2, 0.25) is 0 Å². The fourth-order valence-corrected chi connectivity index (χ4v) is 1.59. The van der Waals surface area contributed by atoms with Gasteiger partial charge in [0.25, 0.3) is 5.91 Å². The Hall–Kier alpha value is -2.58. The van der Waals surface area contributed by atoms with Crippen LogP contribution in [0.5, 0.6) is 0 Å². The minimum Gasteiger partial charge on any atom is -0.472 e. The van der Waals surface area contributed by atoms with Crippen LogP contribution in [0, 0.1) is 17.7 Å². The molecule has 0 radical (unpaired) electrons. The topological polar surface area (TPSA) is 62.5 Å². The number of nitrogens with one attached hydrogen (secondary N) is 1. The Labute approximate surface area is 115 Å². The van der Waals surface area contributed by atoms with Gasteiger partial charge in [0.2, 0.25) is 0 Å². The van der Waals surface area contributed by atoms with Gasteiger partial charge >= 0.3 is 0 Å². The number of benzene rings is 1. The number of rotatable bonds is 3. The van der Waals surface area contributed by atoms with Gasteiger partial charge < -0.3 is 14.8 Å². The largest absolute Gasteiger partial charge is 0.472 e. The van der Waals surface area contributed by atoms with E-state index in [2.05, 4.69) is 17.2 Å². The molecule has 0 atom stereocenters. The first kappa shape index (κ1) is 13.8. The fraction of sp³-hybridized carbons (Fsp3) is 0.133. The molecule has 4 nitrogen and oxygen atoms in total. The van der Waals surface area contributed by atoms with E-state index in [9.17, 15) is 9.18 Å². The smallest absolute Gasteiger partial charge is 0.254 e. The highest BCUT2D eigenvalue weighted by Crippen LogP contribution is 2.10. The molecule has 1 heterocycles. The number of amides is 1. The molecule has 102 valence electrons. The molecule has 0 unspecified atom stereocenters. The van der Waals surface area contributed by atoms with Crippen molar-refractivity contribution in [1.29, 1.82) is 0 Å².